The summed E-state index contributed by atoms with van der Waals surface area (Å²) in [6.45, 7) is 3.48. The van der Waals surface area contributed by atoms with E-state index in [1.807, 2.05) is 17.0 Å². The summed E-state index contributed by atoms with van der Waals surface area (Å²) in [7, 11) is 0. The zero-order chi connectivity index (χ0) is 4.83. The first kappa shape index (κ1) is 5.88. The van der Waals surface area contributed by atoms with Crippen molar-refractivity contribution in [2.75, 3.05) is 0 Å². The molecule has 0 heterocycles. The SMILES string of the molecule is C=CC=C[CH]=[Cr]. The Kier molecular flexibility index (Phi) is 4.79. The van der Waals surface area contributed by atoms with Crippen LogP contribution in [0.3, 0.4) is 0 Å². The first-order chi connectivity index (χ1) is 2.91. The first-order valence-electron chi connectivity index (χ1n) is 1.64. The maximum atomic E-state index is 3.48. The number of hydrogen-bond acceptors (Lipinski definition) is 0. The molecule has 0 aromatic carbocycles. The van der Waals surface area contributed by atoms with Crippen LogP contribution < -0.4 is 0 Å². The summed E-state index contributed by atoms with van der Waals surface area (Å²) in [4.78, 5) is 1.84. The van der Waals surface area contributed by atoms with E-state index in [0.717, 1.165) is 0 Å². The third kappa shape index (κ3) is 3.88. The van der Waals surface area contributed by atoms with Crippen LogP contribution in [0.4, 0.5) is 0 Å². The van der Waals surface area contributed by atoms with Gasteiger partial charge in [-0.05, 0) is 0 Å². The average Bonchev–Trinajstić information content (AvgIpc) is 1.61. The van der Waals surface area contributed by atoms with Gasteiger partial charge in [0.05, 0.1) is 0 Å². The fourth-order valence-corrected chi connectivity index (χ4v) is 0.266. The molecular formula is C5H6Cr. The van der Waals surface area contributed by atoms with Crippen LogP contribution in [0.25, 0.3) is 0 Å². The second kappa shape index (κ2) is 4.88. The van der Waals surface area contributed by atoms with Crippen molar-refractivity contribution >= 4 is 4.88 Å². The van der Waals surface area contributed by atoms with Crippen LogP contribution in [0.2, 0.25) is 0 Å². The van der Waals surface area contributed by atoms with Gasteiger partial charge in [-0.25, -0.2) is 0 Å². The van der Waals surface area contributed by atoms with Crippen molar-refractivity contribution in [3.05, 3.63) is 24.8 Å². The van der Waals surface area contributed by atoms with Gasteiger partial charge < -0.3 is 0 Å². The van der Waals surface area contributed by atoms with E-state index >= 15 is 0 Å². The van der Waals surface area contributed by atoms with Gasteiger partial charge in [0.15, 0.2) is 0 Å². The topological polar surface area (TPSA) is 0 Å². The molecule has 0 saturated carbocycles. The van der Waals surface area contributed by atoms with E-state index in [-0.39, 0.29) is 0 Å². The normalized spacial score (nSPS) is 8.67. The summed E-state index contributed by atoms with van der Waals surface area (Å²) in [6, 6.07) is 0. The second-order valence-electron chi connectivity index (χ2n) is 0.757. The molecule has 6 heavy (non-hydrogen) atoms. The van der Waals surface area contributed by atoms with Crippen LogP contribution in [0.1, 0.15) is 0 Å². The molecule has 0 fully saturated rings. The molecule has 1 heteroatoms. The summed E-state index contributed by atoms with van der Waals surface area (Å²) in [5.74, 6) is 0. The van der Waals surface area contributed by atoms with Crippen LogP contribution in [0.5, 0.6) is 0 Å². The van der Waals surface area contributed by atoms with E-state index < -0.39 is 0 Å². The fraction of sp³-hybridized carbons (Fsp3) is 0. The molecule has 0 aromatic heterocycles. The second-order valence-corrected chi connectivity index (χ2v) is 1.18. The summed E-state index contributed by atoms with van der Waals surface area (Å²) in [5.41, 5.74) is 0. The molecule has 0 aliphatic carbocycles. The van der Waals surface area contributed by atoms with Gasteiger partial charge in [0, 0.05) is 0 Å². The zero-order valence-corrected chi connectivity index (χ0v) is 4.70. The van der Waals surface area contributed by atoms with Gasteiger partial charge >= 0.3 is 45.5 Å². The van der Waals surface area contributed by atoms with Crippen LogP contribution in [0, 0.1) is 0 Å². The van der Waals surface area contributed by atoms with Crippen molar-refractivity contribution in [2.24, 2.45) is 0 Å². The number of hydrogen-bond donors (Lipinski definition) is 0. The van der Waals surface area contributed by atoms with Crippen LogP contribution in [-0.4, -0.2) is 4.88 Å². The monoisotopic (exact) mass is 118 g/mol. The molecule has 0 nitrogen and oxygen atoms in total. The minimum atomic E-state index is 1.73. The van der Waals surface area contributed by atoms with Gasteiger partial charge in [0.25, 0.3) is 0 Å². The number of rotatable bonds is 2. The van der Waals surface area contributed by atoms with Gasteiger partial charge in [-0.2, -0.15) is 0 Å². The van der Waals surface area contributed by atoms with Gasteiger partial charge in [-0.1, -0.05) is 0 Å². The predicted molar refractivity (Wildman–Crippen MR) is 25.4 cm³/mol. The van der Waals surface area contributed by atoms with Crippen molar-refractivity contribution in [1.82, 2.24) is 0 Å². The molecule has 0 amide bonds. The molecule has 0 radical (unpaired) electrons. The van der Waals surface area contributed by atoms with Gasteiger partial charge in [-0.3, -0.25) is 0 Å². The minimum absolute atomic E-state index is 1.73. The molecule has 0 atom stereocenters. The summed E-state index contributed by atoms with van der Waals surface area (Å²) in [5, 5.41) is 0. The molecule has 0 aliphatic rings. The van der Waals surface area contributed by atoms with Crippen molar-refractivity contribution in [1.29, 1.82) is 0 Å². The van der Waals surface area contributed by atoms with Crippen molar-refractivity contribution in [3.63, 3.8) is 0 Å². The molecule has 0 aromatic rings. The molecule has 0 spiro atoms. The van der Waals surface area contributed by atoms with Crippen molar-refractivity contribution in [2.45, 2.75) is 0 Å². The summed E-state index contributed by atoms with van der Waals surface area (Å²) in [6.07, 6.45) is 5.47. The van der Waals surface area contributed by atoms with Crippen LogP contribution in [0.15, 0.2) is 24.8 Å². The Morgan fingerprint density at radius 2 is 2.00 bits per heavy atom. The standard InChI is InChI=1S/C5H6.Cr/c1-3-5-4-2;/h1,3-5H,2H2;. The number of allylic oxidation sites excluding steroid dienone is 3. The molecule has 32 valence electrons. The van der Waals surface area contributed by atoms with E-state index in [0.29, 0.717) is 0 Å². The molecule has 0 rings (SSSR count). The van der Waals surface area contributed by atoms with Gasteiger partial charge in [-0.15, -0.1) is 0 Å². The van der Waals surface area contributed by atoms with E-state index in [9.17, 15) is 0 Å². The molecule has 0 unspecified atom stereocenters. The quantitative estimate of drug-likeness (QED) is 0.476. The van der Waals surface area contributed by atoms with Crippen LogP contribution >= 0.6 is 0 Å². The van der Waals surface area contributed by atoms with E-state index in [2.05, 4.69) is 22.4 Å². The van der Waals surface area contributed by atoms with E-state index in [1.165, 1.54) is 0 Å². The van der Waals surface area contributed by atoms with E-state index in [4.69, 9.17) is 0 Å². The van der Waals surface area contributed by atoms with Crippen molar-refractivity contribution in [3.8, 4) is 0 Å². The predicted octanol–water partition coefficient (Wildman–Crippen LogP) is 1.08. The third-order valence-electron chi connectivity index (χ3n) is 0.326. The van der Waals surface area contributed by atoms with Gasteiger partial charge in [0.2, 0.25) is 0 Å². The van der Waals surface area contributed by atoms with E-state index in [1.54, 1.807) is 6.08 Å². The zero-order valence-electron chi connectivity index (χ0n) is 3.42. The third-order valence-corrected chi connectivity index (χ3v) is 0.571. The Labute approximate surface area is 46.1 Å². The van der Waals surface area contributed by atoms with Gasteiger partial charge in [0.1, 0.15) is 0 Å². The Bertz CT molecular complexity index is 62.0. The Balaban J connectivity index is 3.17. The van der Waals surface area contributed by atoms with Crippen molar-refractivity contribution < 1.29 is 15.9 Å². The molecule has 0 bridgehead atoms. The molecule has 0 saturated heterocycles. The Morgan fingerprint density at radius 1 is 1.33 bits per heavy atom. The average molecular weight is 118 g/mol. The fourth-order valence-electron chi connectivity index (χ4n) is 0.124. The first-order valence-corrected chi connectivity index (χ1v) is 2.38. The maximum absolute atomic E-state index is 3.48. The molecular weight excluding hydrogens is 112 g/mol. The summed E-state index contributed by atoms with van der Waals surface area (Å²) >= 11 is 2.72. The molecule has 0 aliphatic heterocycles. The Morgan fingerprint density at radius 3 is 2.17 bits per heavy atom. The molecule has 0 N–H and O–H groups in total. The van der Waals surface area contributed by atoms with Crippen LogP contribution in [-0.2, 0) is 15.9 Å². The Hall–Kier alpha value is -0.118. The summed E-state index contributed by atoms with van der Waals surface area (Å²) < 4.78 is 0.